The van der Waals surface area contributed by atoms with Gasteiger partial charge in [0.25, 0.3) is 0 Å². The molecule has 0 aromatic heterocycles. The Kier molecular flexibility index (Phi) is 4.74. The highest BCUT2D eigenvalue weighted by molar-refractivity contribution is 6.30. The topological polar surface area (TPSA) is 24.5 Å². The fraction of sp³-hybridized carbons (Fsp3) is 0.400. The van der Waals surface area contributed by atoms with Gasteiger partial charge in [-0.1, -0.05) is 35.9 Å². The zero-order valence-corrected chi connectivity index (χ0v) is 14.6. The summed E-state index contributed by atoms with van der Waals surface area (Å²) in [6, 6.07) is 14.6. The van der Waals surface area contributed by atoms with Gasteiger partial charge in [-0.05, 0) is 47.7 Å². The minimum atomic E-state index is 0.423. The van der Waals surface area contributed by atoms with Crippen molar-refractivity contribution in [3.05, 3.63) is 64.2 Å². The van der Waals surface area contributed by atoms with Gasteiger partial charge < -0.3 is 10.1 Å². The Hall–Kier alpha value is -1.55. The van der Waals surface area contributed by atoms with E-state index in [1.54, 1.807) is 0 Å². The summed E-state index contributed by atoms with van der Waals surface area (Å²) in [6.45, 7) is 4.89. The second-order valence-electron chi connectivity index (χ2n) is 6.72. The number of fused-ring (bicyclic) bond motifs is 1. The molecule has 1 N–H and O–H groups in total. The SMILES string of the molecule is Clc1cccc(NCc2cccc3c2CN(CC2CCCO2)C3)c1. The van der Waals surface area contributed by atoms with Crippen LogP contribution in [-0.4, -0.2) is 24.2 Å². The molecule has 0 saturated carbocycles. The average molecular weight is 343 g/mol. The lowest BCUT2D eigenvalue weighted by Crippen LogP contribution is -2.27. The first-order chi connectivity index (χ1) is 11.8. The van der Waals surface area contributed by atoms with E-state index in [2.05, 4.69) is 34.5 Å². The molecule has 2 aromatic rings. The van der Waals surface area contributed by atoms with Crippen LogP contribution in [0.3, 0.4) is 0 Å². The highest BCUT2D eigenvalue weighted by Crippen LogP contribution is 2.28. The van der Waals surface area contributed by atoms with Crippen molar-refractivity contribution in [3.8, 4) is 0 Å². The van der Waals surface area contributed by atoms with Crippen molar-refractivity contribution in [3.63, 3.8) is 0 Å². The van der Waals surface area contributed by atoms with Gasteiger partial charge in [-0.25, -0.2) is 0 Å². The number of hydrogen-bond donors (Lipinski definition) is 1. The third-order valence-corrected chi connectivity index (χ3v) is 5.17. The van der Waals surface area contributed by atoms with Gasteiger partial charge in [0.2, 0.25) is 0 Å². The fourth-order valence-corrected chi connectivity index (χ4v) is 3.92. The normalized spacial score (nSPS) is 20.3. The summed E-state index contributed by atoms with van der Waals surface area (Å²) in [5.41, 5.74) is 5.38. The number of rotatable bonds is 5. The van der Waals surface area contributed by atoms with E-state index in [1.807, 2.05) is 18.2 Å². The first kappa shape index (κ1) is 15.9. The van der Waals surface area contributed by atoms with Gasteiger partial charge in [-0.2, -0.15) is 0 Å². The fourth-order valence-electron chi connectivity index (χ4n) is 3.73. The van der Waals surface area contributed by atoms with Crippen LogP contribution in [0, 0.1) is 0 Å². The summed E-state index contributed by atoms with van der Waals surface area (Å²) in [7, 11) is 0. The van der Waals surface area contributed by atoms with E-state index in [1.165, 1.54) is 29.5 Å². The Morgan fingerprint density at radius 2 is 2.08 bits per heavy atom. The molecule has 0 amide bonds. The van der Waals surface area contributed by atoms with Crippen molar-refractivity contribution in [1.29, 1.82) is 0 Å². The van der Waals surface area contributed by atoms with Crippen molar-refractivity contribution in [1.82, 2.24) is 4.90 Å². The second-order valence-corrected chi connectivity index (χ2v) is 7.16. The molecular formula is C20H23ClN2O. The Balaban J connectivity index is 1.42. The standard InChI is InChI=1S/C20H23ClN2O/c21-17-6-2-7-18(10-17)22-11-15-4-1-5-16-12-23(14-20(15)16)13-19-8-3-9-24-19/h1-2,4-7,10,19,22H,3,8-9,11-14H2. The van der Waals surface area contributed by atoms with Gasteiger partial charge in [-0.3, -0.25) is 4.90 Å². The van der Waals surface area contributed by atoms with Crippen molar-refractivity contribution in [2.24, 2.45) is 0 Å². The summed E-state index contributed by atoms with van der Waals surface area (Å²) in [6.07, 6.45) is 2.84. The van der Waals surface area contributed by atoms with E-state index in [4.69, 9.17) is 16.3 Å². The van der Waals surface area contributed by atoms with Crippen LogP contribution in [0.25, 0.3) is 0 Å². The molecule has 24 heavy (non-hydrogen) atoms. The van der Waals surface area contributed by atoms with E-state index < -0.39 is 0 Å². The minimum Gasteiger partial charge on any atom is -0.381 e. The molecule has 0 spiro atoms. The van der Waals surface area contributed by atoms with Crippen LogP contribution in [0.15, 0.2) is 42.5 Å². The number of nitrogens with one attached hydrogen (secondary N) is 1. The van der Waals surface area contributed by atoms with Crippen LogP contribution in [0.2, 0.25) is 5.02 Å². The first-order valence-corrected chi connectivity index (χ1v) is 9.09. The maximum absolute atomic E-state index is 6.06. The third-order valence-electron chi connectivity index (χ3n) is 4.94. The predicted molar refractivity (Wildman–Crippen MR) is 98.3 cm³/mol. The molecule has 126 valence electrons. The molecule has 2 aromatic carbocycles. The monoisotopic (exact) mass is 342 g/mol. The van der Waals surface area contributed by atoms with Gasteiger partial charge in [0.05, 0.1) is 6.10 Å². The van der Waals surface area contributed by atoms with E-state index in [-0.39, 0.29) is 0 Å². The molecule has 0 radical (unpaired) electrons. The van der Waals surface area contributed by atoms with Gasteiger partial charge in [0.15, 0.2) is 0 Å². The quantitative estimate of drug-likeness (QED) is 0.869. The average Bonchev–Trinajstić information content (AvgIpc) is 3.22. The van der Waals surface area contributed by atoms with Crippen LogP contribution >= 0.6 is 11.6 Å². The zero-order chi connectivity index (χ0) is 16.4. The van der Waals surface area contributed by atoms with E-state index in [0.29, 0.717) is 6.10 Å². The molecule has 4 heteroatoms. The molecule has 2 heterocycles. The summed E-state index contributed by atoms with van der Waals surface area (Å²) in [5.74, 6) is 0. The minimum absolute atomic E-state index is 0.423. The largest absolute Gasteiger partial charge is 0.381 e. The maximum Gasteiger partial charge on any atom is 0.0703 e. The van der Waals surface area contributed by atoms with E-state index in [9.17, 15) is 0 Å². The lowest BCUT2D eigenvalue weighted by atomic mass is 10.0. The van der Waals surface area contributed by atoms with Crippen molar-refractivity contribution in [2.75, 3.05) is 18.5 Å². The van der Waals surface area contributed by atoms with Gasteiger partial charge >= 0.3 is 0 Å². The molecule has 4 rings (SSSR count). The molecule has 0 aliphatic carbocycles. The zero-order valence-electron chi connectivity index (χ0n) is 13.8. The molecule has 1 atom stereocenters. The van der Waals surface area contributed by atoms with Crippen LogP contribution < -0.4 is 5.32 Å². The second kappa shape index (κ2) is 7.14. The molecule has 3 nitrogen and oxygen atoms in total. The first-order valence-electron chi connectivity index (χ1n) is 8.71. The van der Waals surface area contributed by atoms with E-state index >= 15 is 0 Å². The predicted octanol–water partition coefficient (Wildman–Crippen LogP) is 4.45. The van der Waals surface area contributed by atoms with Crippen LogP contribution in [0.5, 0.6) is 0 Å². The molecule has 2 aliphatic heterocycles. The third kappa shape index (κ3) is 3.59. The number of ether oxygens (including phenoxy) is 1. The van der Waals surface area contributed by atoms with Gasteiger partial charge in [0, 0.05) is 43.5 Å². The summed E-state index contributed by atoms with van der Waals surface area (Å²) >= 11 is 6.06. The Morgan fingerprint density at radius 1 is 1.17 bits per heavy atom. The van der Waals surface area contributed by atoms with Gasteiger partial charge in [-0.15, -0.1) is 0 Å². The lowest BCUT2D eigenvalue weighted by molar-refractivity contribution is 0.0723. The Bertz CT molecular complexity index is 713. The van der Waals surface area contributed by atoms with Crippen LogP contribution in [0.4, 0.5) is 5.69 Å². The number of halogens is 1. The molecule has 0 bridgehead atoms. The molecular weight excluding hydrogens is 320 g/mol. The lowest BCUT2D eigenvalue weighted by Gasteiger charge is -2.19. The van der Waals surface area contributed by atoms with Crippen LogP contribution in [0.1, 0.15) is 29.5 Å². The summed E-state index contributed by atoms with van der Waals surface area (Å²) in [4.78, 5) is 2.52. The summed E-state index contributed by atoms with van der Waals surface area (Å²) in [5, 5.41) is 4.26. The molecule has 2 aliphatic rings. The van der Waals surface area contributed by atoms with Crippen molar-refractivity contribution >= 4 is 17.3 Å². The number of hydrogen-bond acceptors (Lipinski definition) is 3. The summed E-state index contributed by atoms with van der Waals surface area (Å²) < 4.78 is 5.79. The van der Waals surface area contributed by atoms with E-state index in [0.717, 1.165) is 43.5 Å². The van der Waals surface area contributed by atoms with Crippen molar-refractivity contribution in [2.45, 2.75) is 38.6 Å². The maximum atomic E-state index is 6.06. The highest BCUT2D eigenvalue weighted by Gasteiger charge is 2.25. The van der Waals surface area contributed by atoms with Crippen LogP contribution in [-0.2, 0) is 24.4 Å². The highest BCUT2D eigenvalue weighted by atomic mass is 35.5. The Labute approximate surface area is 148 Å². The molecule has 1 unspecified atom stereocenters. The number of benzene rings is 2. The smallest absolute Gasteiger partial charge is 0.0703 e. The van der Waals surface area contributed by atoms with Crippen molar-refractivity contribution < 1.29 is 4.74 Å². The molecule has 1 saturated heterocycles. The van der Waals surface area contributed by atoms with Gasteiger partial charge in [0.1, 0.15) is 0 Å². The number of anilines is 1. The number of nitrogens with zero attached hydrogens (tertiary/aromatic N) is 1. The Morgan fingerprint density at radius 3 is 2.92 bits per heavy atom. The molecule has 1 fully saturated rings.